The third kappa shape index (κ3) is 3.74. The topological polar surface area (TPSA) is 50.8 Å². The van der Waals surface area contributed by atoms with Crippen molar-refractivity contribution >= 4 is 17.7 Å². The fraction of sp³-hybridized carbons (Fsp3) is 0.444. The van der Waals surface area contributed by atoms with Gasteiger partial charge in [0.15, 0.2) is 11.5 Å². The summed E-state index contributed by atoms with van der Waals surface area (Å²) in [5.74, 6) is 1.61. The molecule has 1 atom stereocenters. The van der Waals surface area contributed by atoms with Crippen LogP contribution in [0, 0.1) is 0 Å². The standard InChI is InChI=1S/C27H34N2O3/c1-5-7-18-32-23-13-12-20(19-24(23)31-6-2)14-16-27-26(3,4)21-10-8-9-11-22(21)29(27)17-15-25(30)28-27/h8-14,16,19H,5-7,15,17-18H2,1-4H3,(H,28,30)/b16-14+. The second-order valence-electron chi connectivity index (χ2n) is 9.03. The van der Waals surface area contributed by atoms with Crippen LogP contribution in [-0.2, 0) is 10.2 Å². The maximum Gasteiger partial charge on any atom is 0.223 e. The first-order valence-electron chi connectivity index (χ1n) is 11.7. The van der Waals surface area contributed by atoms with Gasteiger partial charge >= 0.3 is 0 Å². The van der Waals surface area contributed by atoms with E-state index >= 15 is 0 Å². The molecule has 2 aliphatic rings. The Labute approximate surface area is 191 Å². The van der Waals surface area contributed by atoms with Gasteiger partial charge in [-0.15, -0.1) is 0 Å². The minimum absolute atomic E-state index is 0.0847. The molecule has 2 aliphatic heterocycles. The van der Waals surface area contributed by atoms with Crippen LogP contribution in [-0.4, -0.2) is 31.3 Å². The molecule has 1 fully saturated rings. The molecule has 0 saturated carbocycles. The Morgan fingerprint density at radius 2 is 1.91 bits per heavy atom. The number of nitrogens with one attached hydrogen (secondary N) is 1. The first-order valence-corrected chi connectivity index (χ1v) is 11.7. The van der Waals surface area contributed by atoms with E-state index < -0.39 is 5.66 Å². The van der Waals surface area contributed by atoms with Crippen LogP contribution >= 0.6 is 0 Å². The average Bonchev–Trinajstić information content (AvgIpc) is 2.98. The molecule has 2 heterocycles. The zero-order chi connectivity index (χ0) is 22.8. The first-order chi connectivity index (χ1) is 15.4. The number of hydrogen-bond acceptors (Lipinski definition) is 4. The number of hydrogen-bond donors (Lipinski definition) is 1. The highest BCUT2D eigenvalue weighted by Gasteiger charge is 2.57. The van der Waals surface area contributed by atoms with Crippen molar-refractivity contribution in [3.8, 4) is 11.5 Å². The van der Waals surface area contributed by atoms with Crippen molar-refractivity contribution in [3.63, 3.8) is 0 Å². The first kappa shape index (κ1) is 22.3. The second-order valence-corrected chi connectivity index (χ2v) is 9.03. The minimum Gasteiger partial charge on any atom is -0.490 e. The predicted octanol–water partition coefficient (Wildman–Crippen LogP) is 5.29. The van der Waals surface area contributed by atoms with E-state index in [-0.39, 0.29) is 11.3 Å². The summed E-state index contributed by atoms with van der Waals surface area (Å²) in [7, 11) is 0. The van der Waals surface area contributed by atoms with Gasteiger partial charge in [0.05, 0.1) is 13.2 Å². The predicted molar refractivity (Wildman–Crippen MR) is 129 cm³/mol. The highest BCUT2D eigenvalue weighted by atomic mass is 16.5. The lowest BCUT2D eigenvalue weighted by atomic mass is 9.74. The van der Waals surface area contributed by atoms with Crippen molar-refractivity contribution < 1.29 is 14.3 Å². The zero-order valence-corrected chi connectivity index (χ0v) is 19.6. The number of amides is 1. The van der Waals surface area contributed by atoms with Crippen LogP contribution in [0.5, 0.6) is 11.5 Å². The van der Waals surface area contributed by atoms with E-state index in [1.54, 1.807) is 0 Å². The molecule has 0 bridgehead atoms. The number of fused-ring (bicyclic) bond motifs is 3. The van der Waals surface area contributed by atoms with E-state index in [1.807, 2.05) is 25.1 Å². The van der Waals surface area contributed by atoms with Crippen molar-refractivity contribution in [1.82, 2.24) is 5.32 Å². The Morgan fingerprint density at radius 1 is 1.09 bits per heavy atom. The number of para-hydroxylation sites is 1. The molecule has 0 aromatic heterocycles. The number of benzene rings is 2. The quantitative estimate of drug-likeness (QED) is 0.574. The average molecular weight is 435 g/mol. The third-order valence-corrected chi connectivity index (χ3v) is 6.68. The maximum atomic E-state index is 12.6. The SMILES string of the molecule is CCCCOc1ccc(/C=C/C23NC(=O)CCN2c2ccccc2C3(C)C)cc1OCC. The highest BCUT2D eigenvalue weighted by molar-refractivity contribution is 5.84. The molecule has 0 aliphatic carbocycles. The van der Waals surface area contributed by atoms with Gasteiger partial charge in [0.1, 0.15) is 5.66 Å². The maximum absolute atomic E-state index is 12.6. The summed E-state index contributed by atoms with van der Waals surface area (Å²) in [4.78, 5) is 14.9. The Balaban J connectivity index is 1.69. The van der Waals surface area contributed by atoms with Crippen LogP contribution in [0.15, 0.2) is 48.5 Å². The van der Waals surface area contributed by atoms with Gasteiger partial charge in [0, 0.05) is 24.1 Å². The molecule has 5 nitrogen and oxygen atoms in total. The number of nitrogens with zero attached hydrogens (tertiary/aromatic N) is 1. The molecular formula is C27H34N2O3. The molecule has 1 unspecified atom stereocenters. The molecule has 4 rings (SSSR count). The molecule has 1 saturated heterocycles. The van der Waals surface area contributed by atoms with Crippen molar-refractivity contribution in [2.24, 2.45) is 0 Å². The summed E-state index contributed by atoms with van der Waals surface area (Å²) in [6.07, 6.45) is 6.84. The van der Waals surface area contributed by atoms with Gasteiger partial charge in [-0.25, -0.2) is 0 Å². The molecule has 1 N–H and O–H groups in total. The van der Waals surface area contributed by atoms with Crippen LogP contribution < -0.4 is 19.7 Å². The monoisotopic (exact) mass is 434 g/mol. The Hall–Kier alpha value is -2.95. The lowest BCUT2D eigenvalue weighted by Crippen LogP contribution is -2.68. The van der Waals surface area contributed by atoms with Gasteiger partial charge < -0.3 is 19.7 Å². The number of unbranched alkanes of at least 4 members (excludes halogenated alkanes) is 1. The second kappa shape index (κ2) is 8.89. The van der Waals surface area contributed by atoms with E-state index in [0.29, 0.717) is 26.2 Å². The van der Waals surface area contributed by atoms with E-state index in [2.05, 4.69) is 67.4 Å². The highest BCUT2D eigenvalue weighted by Crippen LogP contribution is 2.52. The smallest absolute Gasteiger partial charge is 0.223 e. The van der Waals surface area contributed by atoms with Crippen LogP contribution in [0.3, 0.4) is 0 Å². The minimum atomic E-state index is -0.617. The van der Waals surface area contributed by atoms with Gasteiger partial charge in [-0.05, 0) is 48.7 Å². The molecule has 2 aromatic rings. The van der Waals surface area contributed by atoms with Gasteiger partial charge in [-0.3, -0.25) is 4.79 Å². The number of anilines is 1. The summed E-state index contributed by atoms with van der Waals surface area (Å²) in [5.41, 5.74) is 2.55. The fourth-order valence-electron chi connectivity index (χ4n) is 4.88. The molecular weight excluding hydrogens is 400 g/mol. The normalized spacial score (nSPS) is 21.2. The van der Waals surface area contributed by atoms with Crippen molar-refractivity contribution in [1.29, 1.82) is 0 Å². The van der Waals surface area contributed by atoms with Crippen molar-refractivity contribution in [2.75, 3.05) is 24.7 Å². The molecule has 0 spiro atoms. The molecule has 0 radical (unpaired) electrons. The lowest BCUT2D eigenvalue weighted by molar-refractivity contribution is -0.124. The number of rotatable bonds is 8. The molecule has 5 heteroatoms. The van der Waals surface area contributed by atoms with Gasteiger partial charge in [0.25, 0.3) is 0 Å². The Kier molecular flexibility index (Phi) is 6.18. The summed E-state index contributed by atoms with van der Waals surface area (Å²) >= 11 is 0. The molecule has 170 valence electrons. The zero-order valence-electron chi connectivity index (χ0n) is 19.6. The summed E-state index contributed by atoms with van der Waals surface area (Å²) < 4.78 is 11.8. The van der Waals surface area contributed by atoms with Crippen LogP contribution in [0.2, 0.25) is 0 Å². The molecule has 2 aromatic carbocycles. The Bertz CT molecular complexity index is 1010. The largest absolute Gasteiger partial charge is 0.490 e. The van der Waals surface area contributed by atoms with Crippen molar-refractivity contribution in [3.05, 3.63) is 59.7 Å². The molecule has 1 amide bonds. The van der Waals surface area contributed by atoms with Crippen LogP contribution in [0.1, 0.15) is 58.1 Å². The summed E-state index contributed by atoms with van der Waals surface area (Å²) in [5, 5.41) is 3.33. The number of carbonyl (C=O) groups is 1. The van der Waals surface area contributed by atoms with E-state index in [1.165, 1.54) is 11.3 Å². The number of carbonyl (C=O) groups excluding carboxylic acids is 1. The Morgan fingerprint density at radius 3 is 2.69 bits per heavy atom. The van der Waals surface area contributed by atoms with Crippen LogP contribution in [0.4, 0.5) is 5.69 Å². The lowest BCUT2D eigenvalue weighted by Gasteiger charge is -2.49. The summed E-state index contributed by atoms with van der Waals surface area (Å²) in [6, 6.07) is 14.5. The van der Waals surface area contributed by atoms with E-state index in [0.717, 1.165) is 29.9 Å². The van der Waals surface area contributed by atoms with Gasteiger partial charge in [-0.1, -0.05) is 57.5 Å². The van der Waals surface area contributed by atoms with Gasteiger partial charge in [-0.2, -0.15) is 0 Å². The third-order valence-electron chi connectivity index (χ3n) is 6.68. The molecule has 32 heavy (non-hydrogen) atoms. The summed E-state index contributed by atoms with van der Waals surface area (Å²) in [6.45, 7) is 10.5. The fourth-order valence-corrected chi connectivity index (χ4v) is 4.88. The van der Waals surface area contributed by atoms with Crippen molar-refractivity contribution in [2.45, 2.75) is 58.0 Å². The number of ether oxygens (including phenoxy) is 2. The van der Waals surface area contributed by atoms with E-state index in [4.69, 9.17) is 9.47 Å². The van der Waals surface area contributed by atoms with Gasteiger partial charge in [0.2, 0.25) is 5.91 Å². The van der Waals surface area contributed by atoms with Crippen LogP contribution in [0.25, 0.3) is 6.08 Å². The van der Waals surface area contributed by atoms with E-state index in [9.17, 15) is 4.79 Å².